The summed E-state index contributed by atoms with van der Waals surface area (Å²) in [5.41, 5.74) is 0.654. The molecule has 0 aromatic carbocycles. The summed E-state index contributed by atoms with van der Waals surface area (Å²) in [6.45, 7) is 1.85. The molecular formula is C11H9N3O. The van der Waals surface area contributed by atoms with Crippen molar-refractivity contribution in [2.45, 2.75) is 12.8 Å². The number of aryl methyl sites for hydroxylation is 1. The second-order valence-electron chi connectivity index (χ2n) is 3.14. The monoisotopic (exact) mass is 199 g/mol. The fourth-order valence-electron chi connectivity index (χ4n) is 1.36. The first-order valence-electron chi connectivity index (χ1n) is 4.53. The zero-order chi connectivity index (χ0) is 10.7. The van der Waals surface area contributed by atoms with Crippen LogP contribution < -0.4 is 0 Å². The molecule has 2 rings (SSSR count). The summed E-state index contributed by atoms with van der Waals surface area (Å²) in [4.78, 5) is 7.85. The highest BCUT2D eigenvalue weighted by Gasteiger charge is 2.17. The minimum atomic E-state index is -0.457. The van der Waals surface area contributed by atoms with Crippen LogP contribution in [0.1, 0.15) is 23.1 Å². The molecule has 1 unspecified atom stereocenters. The van der Waals surface area contributed by atoms with E-state index >= 15 is 0 Å². The maximum Gasteiger partial charge on any atom is 0.146 e. The van der Waals surface area contributed by atoms with Gasteiger partial charge in [0.15, 0.2) is 0 Å². The van der Waals surface area contributed by atoms with Crippen LogP contribution in [0.3, 0.4) is 0 Å². The second-order valence-corrected chi connectivity index (χ2v) is 3.14. The zero-order valence-electron chi connectivity index (χ0n) is 8.21. The van der Waals surface area contributed by atoms with Gasteiger partial charge >= 0.3 is 0 Å². The predicted molar refractivity (Wildman–Crippen MR) is 52.9 cm³/mol. The van der Waals surface area contributed by atoms with Gasteiger partial charge in [-0.3, -0.25) is 0 Å². The topological polar surface area (TPSA) is 62.7 Å². The fourth-order valence-corrected chi connectivity index (χ4v) is 1.36. The molecule has 15 heavy (non-hydrogen) atoms. The first-order chi connectivity index (χ1) is 7.31. The van der Waals surface area contributed by atoms with Crippen molar-refractivity contribution in [1.82, 2.24) is 9.97 Å². The number of nitrogens with zero attached hydrogens (tertiary/aromatic N) is 3. The summed E-state index contributed by atoms with van der Waals surface area (Å²) >= 11 is 0. The fraction of sp³-hybridized carbons (Fsp3) is 0.182. The summed E-state index contributed by atoms with van der Waals surface area (Å²) in [7, 11) is 0. The number of furan rings is 1. The van der Waals surface area contributed by atoms with E-state index in [2.05, 4.69) is 16.0 Å². The van der Waals surface area contributed by atoms with Crippen molar-refractivity contribution in [1.29, 1.82) is 5.26 Å². The minimum Gasteiger partial charge on any atom is -0.465 e. The van der Waals surface area contributed by atoms with Gasteiger partial charge in [-0.25, -0.2) is 9.97 Å². The van der Waals surface area contributed by atoms with Crippen molar-refractivity contribution in [2.24, 2.45) is 0 Å². The Morgan fingerprint density at radius 2 is 2.27 bits per heavy atom. The van der Waals surface area contributed by atoms with E-state index < -0.39 is 5.92 Å². The Labute approximate surface area is 87.2 Å². The highest BCUT2D eigenvalue weighted by atomic mass is 16.3. The number of nitriles is 1. The van der Waals surface area contributed by atoms with Gasteiger partial charge in [0, 0.05) is 6.20 Å². The number of rotatable bonds is 2. The van der Waals surface area contributed by atoms with Crippen LogP contribution in [0.2, 0.25) is 0 Å². The van der Waals surface area contributed by atoms with Gasteiger partial charge in [0.25, 0.3) is 0 Å². The van der Waals surface area contributed by atoms with E-state index in [1.165, 1.54) is 6.33 Å². The first kappa shape index (κ1) is 9.41. The van der Waals surface area contributed by atoms with Crippen molar-refractivity contribution in [3.05, 3.63) is 47.9 Å². The van der Waals surface area contributed by atoms with Crippen LogP contribution in [-0.4, -0.2) is 9.97 Å². The highest BCUT2D eigenvalue weighted by Crippen LogP contribution is 2.23. The number of aromatic nitrogens is 2. The van der Waals surface area contributed by atoms with Crippen LogP contribution in [0, 0.1) is 18.3 Å². The molecule has 2 aromatic rings. The van der Waals surface area contributed by atoms with Crippen LogP contribution in [0.5, 0.6) is 0 Å². The SMILES string of the molecule is Cc1ccc(C(C#N)c2ccncn2)o1. The average Bonchev–Trinajstić information content (AvgIpc) is 2.68. The van der Waals surface area contributed by atoms with Crippen LogP contribution in [0.4, 0.5) is 0 Å². The van der Waals surface area contributed by atoms with Crippen molar-refractivity contribution < 1.29 is 4.42 Å². The summed E-state index contributed by atoms with van der Waals surface area (Å²) in [5.74, 6) is 0.953. The van der Waals surface area contributed by atoms with Crippen molar-refractivity contribution in [3.8, 4) is 6.07 Å². The van der Waals surface area contributed by atoms with Gasteiger partial charge < -0.3 is 4.42 Å². The predicted octanol–water partition coefficient (Wildman–Crippen LogP) is 2.03. The molecule has 0 saturated heterocycles. The minimum absolute atomic E-state index is 0.457. The van der Waals surface area contributed by atoms with Crippen LogP contribution in [-0.2, 0) is 0 Å². The Kier molecular flexibility index (Phi) is 2.46. The third-order valence-corrected chi connectivity index (χ3v) is 2.08. The van der Waals surface area contributed by atoms with Gasteiger partial charge in [-0.15, -0.1) is 0 Å². The van der Waals surface area contributed by atoms with Crippen LogP contribution in [0.25, 0.3) is 0 Å². The largest absolute Gasteiger partial charge is 0.465 e. The smallest absolute Gasteiger partial charge is 0.146 e. The third kappa shape index (κ3) is 1.86. The standard InChI is InChI=1S/C11H9N3O/c1-8-2-3-11(15-8)9(6-12)10-4-5-13-7-14-10/h2-5,7,9H,1H3. The van der Waals surface area contributed by atoms with Gasteiger partial charge in [-0.2, -0.15) is 5.26 Å². The Balaban J connectivity index is 2.38. The lowest BCUT2D eigenvalue weighted by Crippen LogP contribution is -1.99. The molecule has 0 N–H and O–H groups in total. The summed E-state index contributed by atoms with van der Waals surface area (Å²) in [6.07, 6.45) is 3.04. The van der Waals surface area contributed by atoms with Crippen molar-refractivity contribution in [3.63, 3.8) is 0 Å². The maximum atomic E-state index is 9.07. The summed E-state index contributed by atoms with van der Waals surface area (Å²) in [5, 5.41) is 9.07. The number of hydrogen-bond donors (Lipinski definition) is 0. The van der Waals surface area contributed by atoms with Gasteiger partial charge in [0.2, 0.25) is 0 Å². The Morgan fingerprint density at radius 1 is 1.40 bits per heavy atom. The van der Waals surface area contributed by atoms with E-state index in [1.54, 1.807) is 18.3 Å². The molecule has 0 aliphatic heterocycles. The van der Waals surface area contributed by atoms with E-state index in [4.69, 9.17) is 9.68 Å². The van der Waals surface area contributed by atoms with Gasteiger partial charge in [-0.1, -0.05) is 0 Å². The third-order valence-electron chi connectivity index (χ3n) is 2.08. The normalized spacial score (nSPS) is 12.0. The molecule has 0 bridgehead atoms. The first-order valence-corrected chi connectivity index (χ1v) is 4.53. The molecule has 0 radical (unpaired) electrons. The Hall–Kier alpha value is -2.15. The molecule has 0 aliphatic carbocycles. The molecule has 1 atom stereocenters. The summed E-state index contributed by atoms with van der Waals surface area (Å²) < 4.78 is 5.41. The second kappa shape index (κ2) is 3.93. The number of hydrogen-bond acceptors (Lipinski definition) is 4. The van der Waals surface area contributed by atoms with Crippen LogP contribution >= 0.6 is 0 Å². The van der Waals surface area contributed by atoms with Gasteiger partial charge in [0.05, 0.1) is 11.8 Å². The molecule has 0 aliphatic rings. The molecule has 0 fully saturated rings. The molecule has 4 heteroatoms. The zero-order valence-corrected chi connectivity index (χ0v) is 8.21. The lowest BCUT2D eigenvalue weighted by atomic mass is 10.0. The molecule has 2 aromatic heterocycles. The van der Waals surface area contributed by atoms with Crippen molar-refractivity contribution >= 4 is 0 Å². The molecule has 0 spiro atoms. The van der Waals surface area contributed by atoms with E-state index in [0.717, 1.165) is 5.76 Å². The molecule has 0 amide bonds. The molecule has 4 nitrogen and oxygen atoms in total. The lowest BCUT2D eigenvalue weighted by Gasteiger charge is -2.03. The Bertz CT molecular complexity index is 484. The van der Waals surface area contributed by atoms with Crippen LogP contribution in [0.15, 0.2) is 35.1 Å². The van der Waals surface area contributed by atoms with E-state index in [0.29, 0.717) is 11.5 Å². The van der Waals surface area contributed by atoms with Crippen molar-refractivity contribution in [2.75, 3.05) is 0 Å². The lowest BCUT2D eigenvalue weighted by molar-refractivity contribution is 0.480. The molecular weight excluding hydrogens is 190 g/mol. The van der Waals surface area contributed by atoms with Gasteiger partial charge in [0.1, 0.15) is 23.8 Å². The molecule has 74 valence electrons. The van der Waals surface area contributed by atoms with Gasteiger partial charge in [-0.05, 0) is 25.1 Å². The maximum absolute atomic E-state index is 9.07. The quantitative estimate of drug-likeness (QED) is 0.742. The average molecular weight is 199 g/mol. The molecule has 2 heterocycles. The van der Waals surface area contributed by atoms with E-state index in [9.17, 15) is 0 Å². The highest BCUT2D eigenvalue weighted by molar-refractivity contribution is 5.28. The summed E-state index contributed by atoms with van der Waals surface area (Å²) in [6, 6.07) is 7.51. The van der Waals surface area contributed by atoms with E-state index in [1.807, 2.05) is 13.0 Å². The molecule has 0 saturated carbocycles. The van der Waals surface area contributed by atoms with E-state index in [-0.39, 0.29) is 0 Å². The Morgan fingerprint density at radius 3 is 2.80 bits per heavy atom.